The minimum absolute atomic E-state index is 0.288. The van der Waals surface area contributed by atoms with Crippen molar-refractivity contribution in [2.45, 2.75) is 39.7 Å². The van der Waals surface area contributed by atoms with Gasteiger partial charge in [0.15, 0.2) is 0 Å². The standard InChI is InChI=1S/C13H18Br2O/c1-4-5-8(2)13(16)10-7-11(14)9(3)6-12(10)15/h6-8,13,16H,4-5H2,1-3H3. The predicted octanol–water partition coefficient (Wildman–Crippen LogP) is 4.99. The smallest absolute Gasteiger partial charge is 0.0826 e. The van der Waals surface area contributed by atoms with Gasteiger partial charge in [0.25, 0.3) is 0 Å². The van der Waals surface area contributed by atoms with Gasteiger partial charge in [0.05, 0.1) is 6.10 Å². The zero-order chi connectivity index (χ0) is 12.3. The van der Waals surface area contributed by atoms with Crippen LogP contribution in [0, 0.1) is 12.8 Å². The summed E-state index contributed by atoms with van der Waals surface area (Å²) in [6.45, 7) is 6.28. The normalized spacial score (nSPS) is 14.9. The predicted molar refractivity (Wildman–Crippen MR) is 75.6 cm³/mol. The molecule has 0 spiro atoms. The van der Waals surface area contributed by atoms with Gasteiger partial charge in [-0.3, -0.25) is 0 Å². The van der Waals surface area contributed by atoms with Crippen LogP contribution in [0.15, 0.2) is 21.1 Å². The van der Waals surface area contributed by atoms with Gasteiger partial charge in [-0.05, 0) is 42.5 Å². The maximum Gasteiger partial charge on any atom is 0.0826 e. The zero-order valence-corrected chi connectivity index (χ0v) is 13.1. The molecule has 1 aromatic carbocycles. The quantitative estimate of drug-likeness (QED) is 0.811. The van der Waals surface area contributed by atoms with E-state index in [1.165, 1.54) is 5.56 Å². The Kier molecular flexibility index (Phi) is 5.48. The molecule has 2 atom stereocenters. The average molecular weight is 350 g/mol. The van der Waals surface area contributed by atoms with Crippen LogP contribution in [0.25, 0.3) is 0 Å². The summed E-state index contributed by atoms with van der Waals surface area (Å²) in [5.74, 6) is 0.288. The van der Waals surface area contributed by atoms with Crippen molar-refractivity contribution in [3.05, 3.63) is 32.2 Å². The molecule has 0 aromatic heterocycles. The second-order valence-electron chi connectivity index (χ2n) is 4.33. The second-order valence-corrected chi connectivity index (χ2v) is 6.04. The molecule has 3 heteroatoms. The third-order valence-corrected chi connectivity index (χ3v) is 4.42. The maximum atomic E-state index is 10.3. The van der Waals surface area contributed by atoms with Crippen LogP contribution in [0.5, 0.6) is 0 Å². The van der Waals surface area contributed by atoms with Gasteiger partial charge in [0, 0.05) is 8.95 Å². The van der Waals surface area contributed by atoms with E-state index < -0.39 is 6.10 Å². The van der Waals surface area contributed by atoms with Crippen molar-refractivity contribution >= 4 is 31.9 Å². The van der Waals surface area contributed by atoms with E-state index in [1.54, 1.807) is 0 Å². The van der Waals surface area contributed by atoms with Crippen LogP contribution in [0.4, 0.5) is 0 Å². The lowest BCUT2D eigenvalue weighted by Gasteiger charge is -2.20. The number of aliphatic hydroxyl groups is 1. The van der Waals surface area contributed by atoms with Crippen molar-refractivity contribution in [1.82, 2.24) is 0 Å². The monoisotopic (exact) mass is 348 g/mol. The molecule has 0 saturated carbocycles. The first-order valence-electron chi connectivity index (χ1n) is 5.61. The molecule has 1 rings (SSSR count). The lowest BCUT2D eigenvalue weighted by atomic mass is 9.93. The molecule has 1 N–H and O–H groups in total. The van der Waals surface area contributed by atoms with E-state index in [0.717, 1.165) is 27.4 Å². The Hall–Kier alpha value is 0.140. The number of benzene rings is 1. The summed E-state index contributed by atoms with van der Waals surface area (Å²) < 4.78 is 2.04. The summed E-state index contributed by atoms with van der Waals surface area (Å²) in [5, 5.41) is 10.3. The van der Waals surface area contributed by atoms with Crippen molar-refractivity contribution in [3.8, 4) is 0 Å². The Balaban J connectivity index is 2.99. The Morgan fingerprint density at radius 3 is 2.44 bits per heavy atom. The summed E-state index contributed by atoms with van der Waals surface area (Å²) in [4.78, 5) is 0. The molecule has 0 amide bonds. The average Bonchev–Trinajstić information content (AvgIpc) is 2.23. The molecular weight excluding hydrogens is 332 g/mol. The number of aliphatic hydroxyl groups excluding tert-OH is 1. The second kappa shape index (κ2) is 6.18. The molecular formula is C13H18Br2O. The van der Waals surface area contributed by atoms with Crippen LogP contribution < -0.4 is 0 Å². The van der Waals surface area contributed by atoms with E-state index in [1.807, 2.05) is 19.1 Å². The Morgan fingerprint density at radius 1 is 1.25 bits per heavy atom. The van der Waals surface area contributed by atoms with Gasteiger partial charge in [-0.1, -0.05) is 52.1 Å². The molecule has 16 heavy (non-hydrogen) atoms. The number of halogens is 2. The largest absolute Gasteiger partial charge is 0.388 e. The fourth-order valence-electron chi connectivity index (χ4n) is 1.81. The lowest BCUT2D eigenvalue weighted by Crippen LogP contribution is -2.09. The molecule has 0 bridgehead atoms. The first-order valence-corrected chi connectivity index (χ1v) is 7.19. The minimum atomic E-state index is -0.397. The summed E-state index contributed by atoms with van der Waals surface area (Å²) >= 11 is 7.03. The first kappa shape index (κ1) is 14.2. The maximum absolute atomic E-state index is 10.3. The summed E-state index contributed by atoms with van der Waals surface area (Å²) in [5.41, 5.74) is 2.14. The van der Waals surface area contributed by atoms with Crippen molar-refractivity contribution in [2.24, 2.45) is 5.92 Å². The molecule has 1 nitrogen and oxygen atoms in total. The molecule has 0 radical (unpaired) electrons. The number of rotatable bonds is 4. The van der Waals surface area contributed by atoms with Crippen molar-refractivity contribution in [2.75, 3.05) is 0 Å². The number of hydrogen-bond donors (Lipinski definition) is 1. The Labute approximate surface area is 115 Å². The van der Waals surface area contributed by atoms with E-state index in [4.69, 9.17) is 0 Å². The highest BCUT2D eigenvalue weighted by molar-refractivity contribution is 9.11. The molecule has 0 aliphatic rings. The molecule has 0 fully saturated rings. The van der Waals surface area contributed by atoms with Gasteiger partial charge >= 0.3 is 0 Å². The Bertz CT molecular complexity index is 363. The highest BCUT2D eigenvalue weighted by Gasteiger charge is 2.18. The first-order chi connectivity index (χ1) is 7.47. The van der Waals surface area contributed by atoms with Crippen LogP contribution in [0.2, 0.25) is 0 Å². The van der Waals surface area contributed by atoms with Crippen LogP contribution in [-0.4, -0.2) is 5.11 Å². The van der Waals surface area contributed by atoms with Crippen LogP contribution in [0.1, 0.15) is 43.9 Å². The summed E-state index contributed by atoms with van der Waals surface area (Å²) in [6, 6.07) is 4.05. The van der Waals surface area contributed by atoms with E-state index in [2.05, 4.69) is 45.7 Å². The van der Waals surface area contributed by atoms with Crippen molar-refractivity contribution in [3.63, 3.8) is 0 Å². The highest BCUT2D eigenvalue weighted by Crippen LogP contribution is 2.34. The molecule has 1 aromatic rings. The fourth-order valence-corrected chi connectivity index (χ4v) is 2.86. The topological polar surface area (TPSA) is 20.2 Å². The number of aryl methyl sites for hydroxylation is 1. The van der Waals surface area contributed by atoms with E-state index in [-0.39, 0.29) is 5.92 Å². The summed E-state index contributed by atoms with van der Waals surface area (Å²) in [7, 11) is 0. The van der Waals surface area contributed by atoms with Crippen molar-refractivity contribution < 1.29 is 5.11 Å². The van der Waals surface area contributed by atoms with Gasteiger partial charge < -0.3 is 5.11 Å². The molecule has 2 unspecified atom stereocenters. The Morgan fingerprint density at radius 2 is 1.88 bits per heavy atom. The third-order valence-electron chi connectivity index (χ3n) is 2.88. The van der Waals surface area contributed by atoms with Crippen molar-refractivity contribution in [1.29, 1.82) is 0 Å². The van der Waals surface area contributed by atoms with Gasteiger partial charge in [0.1, 0.15) is 0 Å². The van der Waals surface area contributed by atoms with Gasteiger partial charge in [0.2, 0.25) is 0 Å². The summed E-state index contributed by atoms with van der Waals surface area (Å²) in [6.07, 6.45) is 1.74. The molecule has 90 valence electrons. The van der Waals surface area contributed by atoms with E-state index in [9.17, 15) is 5.11 Å². The molecule has 0 aliphatic carbocycles. The van der Waals surface area contributed by atoms with E-state index in [0.29, 0.717) is 0 Å². The zero-order valence-electron chi connectivity index (χ0n) is 9.93. The number of hydrogen-bond acceptors (Lipinski definition) is 1. The van der Waals surface area contributed by atoms with Gasteiger partial charge in [-0.25, -0.2) is 0 Å². The minimum Gasteiger partial charge on any atom is -0.388 e. The van der Waals surface area contributed by atoms with Gasteiger partial charge in [-0.2, -0.15) is 0 Å². The third kappa shape index (κ3) is 3.31. The molecule has 0 aliphatic heterocycles. The van der Waals surface area contributed by atoms with Crippen LogP contribution >= 0.6 is 31.9 Å². The van der Waals surface area contributed by atoms with Crippen LogP contribution in [0.3, 0.4) is 0 Å². The van der Waals surface area contributed by atoms with Gasteiger partial charge in [-0.15, -0.1) is 0 Å². The SMILES string of the molecule is CCCC(C)C(O)c1cc(Br)c(C)cc1Br. The van der Waals surface area contributed by atoms with Crippen LogP contribution in [-0.2, 0) is 0 Å². The molecule has 0 saturated heterocycles. The fraction of sp³-hybridized carbons (Fsp3) is 0.538. The lowest BCUT2D eigenvalue weighted by molar-refractivity contribution is 0.111. The molecule has 0 heterocycles. The van der Waals surface area contributed by atoms with E-state index >= 15 is 0 Å². The highest BCUT2D eigenvalue weighted by atomic mass is 79.9.